The van der Waals surface area contributed by atoms with Crippen LogP contribution in [0.4, 0.5) is 0 Å². The van der Waals surface area contributed by atoms with Crippen molar-refractivity contribution in [1.82, 2.24) is 29.5 Å². The minimum Gasteiger partial charge on any atom is -0.309 e. The summed E-state index contributed by atoms with van der Waals surface area (Å²) < 4.78 is 4.02. The highest BCUT2D eigenvalue weighted by Gasteiger charge is 2.07. The molecule has 6 nitrogen and oxygen atoms in total. The number of benzene rings is 1. The fourth-order valence-corrected chi connectivity index (χ4v) is 3.88. The largest absolute Gasteiger partial charge is 0.309 e. The summed E-state index contributed by atoms with van der Waals surface area (Å²) in [5.74, 6) is 3.65. The van der Waals surface area contributed by atoms with Gasteiger partial charge in [0.2, 0.25) is 0 Å². The molecular formula is C16H20N6S2. The minimum absolute atomic E-state index is 0.891. The molecule has 126 valence electrons. The number of hydrogen-bond donors (Lipinski definition) is 0. The average molecular weight is 361 g/mol. The molecule has 0 fully saturated rings. The molecule has 1 aromatic carbocycles. The van der Waals surface area contributed by atoms with Crippen LogP contribution in [0, 0.1) is 13.8 Å². The molecule has 0 saturated carbocycles. The first-order valence-corrected chi connectivity index (χ1v) is 9.57. The molecule has 0 radical (unpaired) electrons. The predicted octanol–water partition coefficient (Wildman–Crippen LogP) is 3.15. The van der Waals surface area contributed by atoms with Crippen LogP contribution in [0.1, 0.15) is 22.8 Å². The van der Waals surface area contributed by atoms with Gasteiger partial charge in [-0.1, -0.05) is 47.8 Å². The molecule has 2 aromatic heterocycles. The summed E-state index contributed by atoms with van der Waals surface area (Å²) in [7, 11) is 3.98. The van der Waals surface area contributed by atoms with E-state index in [1.54, 1.807) is 23.5 Å². The van der Waals surface area contributed by atoms with Crippen molar-refractivity contribution in [3.63, 3.8) is 0 Å². The van der Waals surface area contributed by atoms with E-state index >= 15 is 0 Å². The summed E-state index contributed by atoms with van der Waals surface area (Å²) in [6, 6.07) is 8.70. The van der Waals surface area contributed by atoms with Crippen molar-refractivity contribution in [1.29, 1.82) is 0 Å². The number of aryl methyl sites for hydroxylation is 2. The SMILES string of the molecule is Cc1nnc(SCc2ccc(CSc3nnc(C)n3C)cc2)n1C. The first-order chi connectivity index (χ1) is 11.5. The zero-order valence-electron chi connectivity index (χ0n) is 14.2. The normalized spacial score (nSPS) is 11.2. The first kappa shape index (κ1) is 17.0. The molecule has 0 unspecified atom stereocenters. The second-order valence-electron chi connectivity index (χ2n) is 5.57. The van der Waals surface area contributed by atoms with Gasteiger partial charge in [-0.05, 0) is 25.0 Å². The molecule has 0 saturated heterocycles. The van der Waals surface area contributed by atoms with E-state index < -0.39 is 0 Å². The molecule has 3 rings (SSSR count). The van der Waals surface area contributed by atoms with Crippen LogP contribution < -0.4 is 0 Å². The Bertz CT molecular complexity index is 752. The van der Waals surface area contributed by atoms with Crippen molar-refractivity contribution in [2.24, 2.45) is 14.1 Å². The van der Waals surface area contributed by atoms with Gasteiger partial charge in [-0.25, -0.2) is 0 Å². The Morgan fingerprint density at radius 2 is 1.08 bits per heavy atom. The Morgan fingerprint density at radius 1 is 0.708 bits per heavy atom. The van der Waals surface area contributed by atoms with Crippen LogP contribution in [-0.4, -0.2) is 29.5 Å². The van der Waals surface area contributed by atoms with Crippen molar-refractivity contribution >= 4 is 23.5 Å². The maximum atomic E-state index is 4.18. The highest BCUT2D eigenvalue weighted by atomic mass is 32.2. The van der Waals surface area contributed by atoms with Gasteiger partial charge >= 0.3 is 0 Å². The molecule has 3 aromatic rings. The quantitative estimate of drug-likeness (QED) is 0.629. The molecule has 24 heavy (non-hydrogen) atoms. The lowest BCUT2D eigenvalue weighted by atomic mass is 10.2. The molecule has 0 N–H and O–H groups in total. The third-order valence-corrected chi connectivity index (χ3v) is 6.05. The molecule has 0 amide bonds. The van der Waals surface area contributed by atoms with E-state index in [0.717, 1.165) is 33.5 Å². The summed E-state index contributed by atoms with van der Waals surface area (Å²) in [5, 5.41) is 18.4. The van der Waals surface area contributed by atoms with E-state index in [9.17, 15) is 0 Å². The van der Waals surface area contributed by atoms with Crippen LogP contribution >= 0.6 is 23.5 Å². The van der Waals surface area contributed by atoms with Gasteiger partial charge < -0.3 is 9.13 Å². The van der Waals surface area contributed by atoms with Gasteiger partial charge in [-0.2, -0.15) is 0 Å². The van der Waals surface area contributed by atoms with Crippen molar-refractivity contribution in [2.45, 2.75) is 35.7 Å². The molecule has 0 atom stereocenters. The number of thioether (sulfide) groups is 2. The maximum Gasteiger partial charge on any atom is 0.191 e. The standard InChI is InChI=1S/C16H20N6S2/c1-11-17-19-15(21(11)3)23-9-13-5-7-14(8-6-13)10-24-16-20-18-12(2)22(16)4/h5-8H,9-10H2,1-4H3. The van der Waals surface area contributed by atoms with E-state index in [4.69, 9.17) is 0 Å². The van der Waals surface area contributed by atoms with Crippen molar-refractivity contribution in [3.8, 4) is 0 Å². The van der Waals surface area contributed by atoms with Gasteiger partial charge in [0, 0.05) is 25.6 Å². The molecular weight excluding hydrogens is 340 g/mol. The van der Waals surface area contributed by atoms with Crippen molar-refractivity contribution in [3.05, 3.63) is 47.0 Å². The maximum absolute atomic E-state index is 4.18. The van der Waals surface area contributed by atoms with Crippen LogP contribution in [0.3, 0.4) is 0 Å². The third-order valence-electron chi connectivity index (χ3n) is 3.86. The first-order valence-electron chi connectivity index (χ1n) is 7.60. The Kier molecular flexibility index (Phi) is 5.25. The third kappa shape index (κ3) is 3.81. The zero-order valence-corrected chi connectivity index (χ0v) is 15.9. The van der Waals surface area contributed by atoms with Crippen LogP contribution in [0.2, 0.25) is 0 Å². The second-order valence-corrected chi connectivity index (χ2v) is 7.46. The predicted molar refractivity (Wildman–Crippen MR) is 97.0 cm³/mol. The summed E-state index contributed by atoms with van der Waals surface area (Å²) in [4.78, 5) is 0. The Hall–Kier alpha value is -1.80. The lowest BCUT2D eigenvalue weighted by Gasteiger charge is -2.05. The molecule has 0 bridgehead atoms. The highest BCUT2D eigenvalue weighted by Crippen LogP contribution is 2.24. The molecule has 8 heteroatoms. The number of rotatable bonds is 6. The van der Waals surface area contributed by atoms with Crippen LogP contribution in [-0.2, 0) is 25.6 Å². The summed E-state index contributed by atoms with van der Waals surface area (Å²) in [6.07, 6.45) is 0. The van der Waals surface area contributed by atoms with Crippen molar-refractivity contribution in [2.75, 3.05) is 0 Å². The summed E-state index contributed by atoms with van der Waals surface area (Å²) >= 11 is 3.41. The second kappa shape index (κ2) is 7.40. The van der Waals surface area contributed by atoms with E-state index in [2.05, 4.69) is 44.7 Å². The molecule has 0 spiro atoms. The minimum atomic E-state index is 0.891. The van der Waals surface area contributed by atoms with Gasteiger partial charge in [0.15, 0.2) is 10.3 Å². The Balaban J connectivity index is 1.55. The zero-order chi connectivity index (χ0) is 17.1. The van der Waals surface area contributed by atoms with Crippen LogP contribution in [0.15, 0.2) is 34.6 Å². The number of hydrogen-bond acceptors (Lipinski definition) is 6. The number of nitrogens with zero attached hydrogens (tertiary/aromatic N) is 6. The Labute approximate surface area is 150 Å². The van der Waals surface area contributed by atoms with E-state index in [1.165, 1.54) is 11.1 Å². The van der Waals surface area contributed by atoms with Gasteiger partial charge in [0.05, 0.1) is 0 Å². The lowest BCUT2D eigenvalue weighted by Crippen LogP contribution is -1.94. The number of aromatic nitrogens is 6. The topological polar surface area (TPSA) is 61.4 Å². The fraction of sp³-hybridized carbons (Fsp3) is 0.375. The van der Waals surface area contributed by atoms with E-state index in [0.29, 0.717) is 0 Å². The lowest BCUT2D eigenvalue weighted by molar-refractivity contribution is 0.765. The Morgan fingerprint density at radius 3 is 1.38 bits per heavy atom. The van der Waals surface area contributed by atoms with Gasteiger partial charge in [-0.3, -0.25) is 0 Å². The van der Waals surface area contributed by atoms with Crippen LogP contribution in [0.5, 0.6) is 0 Å². The van der Waals surface area contributed by atoms with Gasteiger partial charge in [-0.15, -0.1) is 20.4 Å². The molecule has 0 aliphatic heterocycles. The highest BCUT2D eigenvalue weighted by molar-refractivity contribution is 7.98. The smallest absolute Gasteiger partial charge is 0.191 e. The van der Waals surface area contributed by atoms with E-state index in [1.807, 2.05) is 37.1 Å². The summed E-state index contributed by atoms with van der Waals surface area (Å²) in [6.45, 7) is 3.92. The average Bonchev–Trinajstić information content (AvgIpc) is 3.08. The molecule has 0 aliphatic rings. The van der Waals surface area contributed by atoms with Gasteiger partial charge in [0.1, 0.15) is 11.6 Å². The van der Waals surface area contributed by atoms with E-state index in [-0.39, 0.29) is 0 Å². The molecule has 2 heterocycles. The fourth-order valence-electron chi connectivity index (χ4n) is 2.05. The summed E-state index contributed by atoms with van der Waals surface area (Å²) in [5.41, 5.74) is 2.56. The monoisotopic (exact) mass is 360 g/mol. The van der Waals surface area contributed by atoms with Gasteiger partial charge in [0.25, 0.3) is 0 Å². The van der Waals surface area contributed by atoms with Crippen molar-refractivity contribution < 1.29 is 0 Å². The molecule has 0 aliphatic carbocycles. The van der Waals surface area contributed by atoms with Crippen LogP contribution in [0.25, 0.3) is 0 Å².